The van der Waals surface area contributed by atoms with Crippen LogP contribution in [0.2, 0.25) is 0 Å². The Hall–Kier alpha value is -1.55. The standard InChI is InChI=1S/C10H13N3O/c1-11-6-8-14-10-4-2-3-9-12-5-7-13(9)10/h2-5,7,11H,6,8H2,1H3. The summed E-state index contributed by atoms with van der Waals surface area (Å²) in [6.45, 7) is 1.50. The minimum atomic E-state index is 0.661. The Morgan fingerprint density at radius 1 is 1.50 bits per heavy atom. The number of likely N-dealkylation sites (N-methyl/N-ethyl adjacent to an activating group) is 1. The summed E-state index contributed by atoms with van der Waals surface area (Å²) in [6.07, 6.45) is 3.66. The van der Waals surface area contributed by atoms with Crippen LogP contribution in [0.4, 0.5) is 0 Å². The molecule has 0 amide bonds. The Balaban J connectivity index is 2.19. The van der Waals surface area contributed by atoms with E-state index in [1.54, 1.807) is 6.20 Å². The average molecular weight is 191 g/mol. The first-order valence-corrected chi connectivity index (χ1v) is 4.61. The molecule has 0 saturated carbocycles. The number of nitrogens with zero attached hydrogens (tertiary/aromatic N) is 2. The zero-order chi connectivity index (χ0) is 9.80. The van der Waals surface area contributed by atoms with Crippen molar-refractivity contribution in [3.05, 3.63) is 30.6 Å². The molecular weight excluding hydrogens is 178 g/mol. The van der Waals surface area contributed by atoms with Crippen molar-refractivity contribution in [2.75, 3.05) is 20.2 Å². The molecule has 74 valence electrons. The summed E-state index contributed by atoms with van der Waals surface area (Å²) >= 11 is 0. The molecular formula is C10H13N3O. The number of hydrogen-bond acceptors (Lipinski definition) is 3. The highest BCUT2D eigenvalue weighted by atomic mass is 16.5. The predicted octanol–water partition coefficient (Wildman–Crippen LogP) is 0.932. The van der Waals surface area contributed by atoms with Gasteiger partial charge in [-0.2, -0.15) is 0 Å². The summed E-state index contributed by atoms with van der Waals surface area (Å²) in [7, 11) is 1.90. The van der Waals surface area contributed by atoms with E-state index < -0.39 is 0 Å². The second-order valence-corrected chi connectivity index (χ2v) is 2.97. The van der Waals surface area contributed by atoms with E-state index in [1.165, 1.54) is 0 Å². The monoisotopic (exact) mass is 191 g/mol. The lowest BCUT2D eigenvalue weighted by molar-refractivity contribution is 0.303. The maximum atomic E-state index is 5.58. The largest absolute Gasteiger partial charge is 0.477 e. The number of hydrogen-bond donors (Lipinski definition) is 1. The van der Waals surface area contributed by atoms with E-state index >= 15 is 0 Å². The minimum absolute atomic E-state index is 0.661. The third kappa shape index (κ3) is 1.70. The van der Waals surface area contributed by atoms with Crippen molar-refractivity contribution in [2.24, 2.45) is 0 Å². The first-order valence-electron chi connectivity index (χ1n) is 4.61. The number of fused-ring (bicyclic) bond motifs is 1. The fraction of sp³-hybridized carbons (Fsp3) is 0.300. The van der Waals surface area contributed by atoms with E-state index in [9.17, 15) is 0 Å². The van der Waals surface area contributed by atoms with Crippen LogP contribution >= 0.6 is 0 Å². The molecule has 2 heterocycles. The molecule has 0 atom stereocenters. The van der Waals surface area contributed by atoms with Crippen LogP contribution in [-0.2, 0) is 0 Å². The average Bonchev–Trinajstić information content (AvgIpc) is 2.67. The van der Waals surface area contributed by atoms with Crippen LogP contribution in [0.25, 0.3) is 5.65 Å². The highest BCUT2D eigenvalue weighted by Crippen LogP contribution is 2.12. The summed E-state index contributed by atoms with van der Waals surface area (Å²) in [6, 6.07) is 5.83. The van der Waals surface area contributed by atoms with Gasteiger partial charge in [0.2, 0.25) is 0 Å². The zero-order valence-corrected chi connectivity index (χ0v) is 8.10. The van der Waals surface area contributed by atoms with Gasteiger partial charge in [-0.3, -0.25) is 4.40 Å². The molecule has 0 unspecified atom stereocenters. The Bertz CT molecular complexity index is 410. The molecule has 0 aromatic carbocycles. The molecule has 2 aromatic rings. The molecule has 0 aliphatic carbocycles. The highest BCUT2D eigenvalue weighted by molar-refractivity contribution is 5.41. The Morgan fingerprint density at radius 2 is 2.43 bits per heavy atom. The SMILES string of the molecule is CNCCOc1cccc2nccn12. The predicted molar refractivity (Wildman–Crippen MR) is 54.6 cm³/mol. The van der Waals surface area contributed by atoms with Crippen LogP contribution in [0.15, 0.2) is 30.6 Å². The molecule has 4 nitrogen and oxygen atoms in total. The number of nitrogens with one attached hydrogen (secondary N) is 1. The van der Waals surface area contributed by atoms with Crippen LogP contribution < -0.4 is 10.1 Å². The summed E-state index contributed by atoms with van der Waals surface area (Å²) in [5, 5.41) is 3.03. The first-order chi connectivity index (χ1) is 6.92. The second-order valence-electron chi connectivity index (χ2n) is 2.97. The molecule has 0 spiro atoms. The lowest BCUT2D eigenvalue weighted by Crippen LogP contribution is -2.16. The van der Waals surface area contributed by atoms with Crippen molar-refractivity contribution in [3.8, 4) is 5.88 Å². The van der Waals surface area contributed by atoms with Gasteiger partial charge in [-0.05, 0) is 19.2 Å². The quantitative estimate of drug-likeness (QED) is 0.731. The lowest BCUT2D eigenvalue weighted by Gasteiger charge is -2.07. The molecule has 0 radical (unpaired) electrons. The van der Waals surface area contributed by atoms with Gasteiger partial charge in [-0.1, -0.05) is 6.07 Å². The topological polar surface area (TPSA) is 38.6 Å². The fourth-order valence-electron chi connectivity index (χ4n) is 1.30. The molecule has 0 bridgehead atoms. The summed E-state index contributed by atoms with van der Waals surface area (Å²) in [5.41, 5.74) is 0.909. The Kier molecular flexibility index (Phi) is 2.65. The van der Waals surface area contributed by atoms with Gasteiger partial charge in [0, 0.05) is 18.9 Å². The minimum Gasteiger partial charge on any atom is -0.477 e. The van der Waals surface area contributed by atoms with Crippen molar-refractivity contribution in [1.82, 2.24) is 14.7 Å². The van der Waals surface area contributed by atoms with Crippen molar-refractivity contribution in [1.29, 1.82) is 0 Å². The number of ether oxygens (including phenoxy) is 1. The van der Waals surface area contributed by atoms with Crippen molar-refractivity contribution >= 4 is 5.65 Å². The smallest absolute Gasteiger partial charge is 0.199 e. The van der Waals surface area contributed by atoms with E-state index in [-0.39, 0.29) is 0 Å². The van der Waals surface area contributed by atoms with Crippen LogP contribution in [-0.4, -0.2) is 29.6 Å². The Labute approximate surface area is 82.5 Å². The molecule has 0 aliphatic heterocycles. The molecule has 14 heavy (non-hydrogen) atoms. The Morgan fingerprint density at radius 3 is 3.29 bits per heavy atom. The van der Waals surface area contributed by atoms with Crippen LogP contribution in [0.5, 0.6) is 5.88 Å². The lowest BCUT2D eigenvalue weighted by atomic mass is 10.4. The van der Waals surface area contributed by atoms with Gasteiger partial charge in [0.15, 0.2) is 5.88 Å². The molecule has 1 N–H and O–H groups in total. The molecule has 2 rings (SSSR count). The molecule has 0 aliphatic rings. The summed E-state index contributed by atoms with van der Waals surface area (Å²) in [4.78, 5) is 4.17. The van der Waals surface area contributed by atoms with Gasteiger partial charge in [0.05, 0.1) is 0 Å². The summed E-state index contributed by atoms with van der Waals surface area (Å²) in [5.74, 6) is 0.829. The summed E-state index contributed by atoms with van der Waals surface area (Å²) < 4.78 is 7.50. The first kappa shape index (κ1) is 9.02. The zero-order valence-electron chi connectivity index (χ0n) is 8.10. The fourth-order valence-corrected chi connectivity index (χ4v) is 1.30. The number of aromatic nitrogens is 2. The normalized spacial score (nSPS) is 10.6. The van der Waals surface area contributed by atoms with Crippen molar-refractivity contribution in [3.63, 3.8) is 0 Å². The van der Waals surface area contributed by atoms with Crippen molar-refractivity contribution in [2.45, 2.75) is 0 Å². The van der Waals surface area contributed by atoms with Crippen molar-refractivity contribution < 1.29 is 4.74 Å². The van der Waals surface area contributed by atoms with Crippen LogP contribution in [0.3, 0.4) is 0 Å². The number of pyridine rings is 1. The van der Waals surface area contributed by atoms with E-state index in [1.807, 2.05) is 35.8 Å². The highest BCUT2D eigenvalue weighted by Gasteiger charge is 1.99. The van der Waals surface area contributed by atoms with Crippen LogP contribution in [0, 0.1) is 0 Å². The van der Waals surface area contributed by atoms with E-state index in [0.717, 1.165) is 18.1 Å². The van der Waals surface area contributed by atoms with E-state index in [0.29, 0.717) is 6.61 Å². The van der Waals surface area contributed by atoms with Gasteiger partial charge >= 0.3 is 0 Å². The van der Waals surface area contributed by atoms with Gasteiger partial charge < -0.3 is 10.1 Å². The maximum absolute atomic E-state index is 5.58. The third-order valence-electron chi connectivity index (χ3n) is 1.99. The molecule has 4 heteroatoms. The van der Waals surface area contributed by atoms with E-state index in [4.69, 9.17) is 4.74 Å². The number of imidazole rings is 1. The van der Waals surface area contributed by atoms with Gasteiger partial charge in [0.1, 0.15) is 12.3 Å². The molecule has 0 fully saturated rings. The van der Waals surface area contributed by atoms with Gasteiger partial charge in [-0.25, -0.2) is 4.98 Å². The van der Waals surface area contributed by atoms with Gasteiger partial charge in [-0.15, -0.1) is 0 Å². The van der Waals surface area contributed by atoms with Gasteiger partial charge in [0.25, 0.3) is 0 Å². The molecule has 0 saturated heterocycles. The second kappa shape index (κ2) is 4.11. The van der Waals surface area contributed by atoms with E-state index in [2.05, 4.69) is 10.3 Å². The number of rotatable bonds is 4. The van der Waals surface area contributed by atoms with Crippen LogP contribution in [0.1, 0.15) is 0 Å². The third-order valence-corrected chi connectivity index (χ3v) is 1.99. The maximum Gasteiger partial charge on any atom is 0.199 e. The molecule has 2 aromatic heterocycles.